The van der Waals surface area contributed by atoms with Gasteiger partial charge < -0.3 is 20.2 Å². The number of halogens is 1. The van der Waals surface area contributed by atoms with Crippen molar-refractivity contribution >= 4 is 34.5 Å². The van der Waals surface area contributed by atoms with Gasteiger partial charge in [-0.05, 0) is 48.3 Å². The minimum Gasteiger partial charge on any atom is -0.389 e. The van der Waals surface area contributed by atoms with Gasteiger partial charge in [0, 0.05) is 48.6 Å². The van der Waals surface area contributed by atoms with Gasteiger partial charge in [0.15, 0.2) is 0 Å². The predicted octanol–water partition coefficient (Wildman–Crippen LogP) is 3.09. The van der Waals surface area contributed by atoms with Gasteiger partial charge in [0.25, 0.3) is 0 Å². The largest absolute Gasteiger partial charge is 0.389 e. The van der Waals surface area contributed by atoms with E-state index in [1.807, 2.05) is 25.1 Å². The number of aliphatic hydroxyl groups is 1. The number of carbonyl (C=O) groups excluding carboxylic acids is 1. The topological polar surface area (TPSA) is 81.6 Å². The highest BCUT2D eigenvalue weighted by Crippen LogP contribution is 2.37. The van der Waals surface area contributed by atoms with Crippen LogP contribution in [0.3, 0.4) is 0 Å². The average Bonchev–Trinajstić information content (AvgIpc) is 3.43. The maximum Gasteiger partial charge on any atom is 0.246 e. The van der Waals surface area contributed by atoms with Gasteiger partial charge >= 0.3 is 0 Å². The fraction of sp³-hybridized carbons (Fsp3) is 0.348. The molecule has 2 aliphatic rings. The first-order valence-corrected chi connectivity index (χ1v) is 11.5. The van der Waals surface area contributed by atoms with Gasteiger partial charge in [0.05, 0.1) is 18.3 Å². The molecule has 7 nitrogen and oxygen atoms in total. The van der Waals surface area contributed by atoms with E-state index in [2.05, 4.69) is 19.6 Å². The third kappa shape index (κ3) is 3.82. The molecule has 0 aliphatic carbocycles. The van der Waals surface area contributed by atoms with Crippen molar-refractivity contribution < 1.29 is 14.3 Å². The van der Waals surface area contributed by atoms with Crippen LogP contribution in [0.25, 0.3) is 10.6 Å². The third-order valence-corrected chi connectivity index (χ3v) is 6.74. The van der Waals surface area contributed by atoms with Crippen LogP contribution in [-0.4, -0.2) is 52.7 Å². The van der Waals surface area contributed by atoms with Crippen LogP contribution in [0.4, 0.5) is 21.5 Å². The first kappa shape index (κ1) is 20.8. The summed E-state index contributed by atoms with van der Waals surface area (Å²) in [5.74, 6) is 0.236. The van der Waals surface area contributed by atoms with E-state index in [0.29, 0.717) is 19.6 Å². The fourth-order valence-corrected chi connectivity index (χ4v) is 4.94. The average molecular weight is 454 g/mol. The van der Waals surface area contributed by atoms with Gasteiger partial charge in [-0.2, -0.15) is 4.37 Å². The van der Waals surface area contributed by atoms with Crippen molar-refractivity contribution in [3.8, 4) is 10.6 Å². The predicted molar refractivity (Wildman–Crippen MR) is 124 cm³/mol. The number of aliphatic hydroxyl groups excluding tert-OH is 1. The number of nitrogens with zero attached hydrogens (tertiary/aromatic N) is 4. The van der Waals surface area contributed by atoms with E-state index in [4.69, 9.17) is 0 Å². The van der Waals surface area contributed by atoms with Crippen LogP contribution in [0.15, 0.2) is 36.4 Å². The van der Waals surface area contributed by atoms with Crippen LogP contribution in [0.5, 0.6) is 0 Å². The Morgan fingerprint density at radius 1 is 1.28 bits per heavy atom. The highest BCUT2D eigenvalue weighted by atomic mass is 32.1. The molecule has 32 heavy (non-hydrogen) atoms. The molecule has 0 radical (unpaired) electrons. The minimum atomic E-state index is -0.415. The number of rotatable bonds is 6. The molecule has 9 heteroatoms. The molecule has 0 atom stereocenters. The highest BCUT2D eigenvalue weighted by Gasteiger charge is 2.31. The molecule has 5 rings (SSSR count). The molecule has 2 aromatic carbocycles. The number of β-amino-alcohol motifs (C(OH)–C–C–N with tert-alkyl or cyclic N) is 1. The molecule has 3 aromatic rings. The quantitative estimate of drug-likeness (QED) is 0.597. The Morgan fingerprint density at radius 2 is 2.09 bits per heavy atom. The van der Waals surface area contributed by atoms with E-state index in [0.717, 1.165) is 46.2 Å². The molecule has 0 saturated carbocycles. The lowest BCUT2D eigenvalue weighted by Gasteiger charge is -2.39. The number of anilines is 3. The van der Waals surface area contributed by atoms with Crippen LogP contribution in [0.1, 0.15) is 18.3 Å². The SMILES string of the molecule is CCc1nsc(-c2ccc(F)c(NCC(=O)N3CCc4c(N5CC(O)C5)cccc43)c2)n1. The normalized spacial score (nSPS) is 15.6. The van der Waals surface area contributed by atoms with Crippen molar-refractivity contribution in [1.82, 2.24) is 9.36 Å². The number of benzene rings is 2. The molecule has 2 N–H and O–H groups in total. The van der Waals surface area contributed by atoms with E-state index < -0.39 is 5.82 Å². The van der Waals surface area contributed by atoms with Crippen LogP contribution in [0.2, 0.25) is 0 Å². The molecule has 166 valence electrons. The lowest BCUT2D eigenvalue weighted by molar-refractivity contribution is -0.116. The van der Waals surface area contributed by atoms with Gasteiger partial charge in [0.1, 0.15) is 16.6 Å². The second-order valence-corrected chi connectivity index (χ2v) is 8.80. The molecule has 1 amide bonds. The first-order chi connectivity index (χ1) is 15.5. The fourth-order valence-electron chi connectivity index (χ4n) is 4.20. The highest BCUT2D eigenvalue weighted by molar-refractivity contribution is 7.09. The monoisotopic (exact) mass is 453 g/mol. The molecular weight excluding hydrogens is 429 g/mol. The molecule has 1 fully saturated rings. The van der Waals surface area contributed by atoms with Crippen LogP contribution in [0, 0.1) is 5.82 Å². The van der Waals surface area contributed by atoms with E-state index in [1.165, 1.54) is 17.6 Å². The van der Waals surface area contributed by atoms with Gasteiger partial charge in [0.2, 0.25) is 5.91 Å². The number of fused-ring (bicyclic) bond motifs is 1. The summed E-state index contributed by atoms with van der Waals surface area (Å²) in [7, 11) is 0. The summed E-state index contributed by atoms with van der Waals surface area (Å²) < 4.78 is 18.7. The zero-order chi connectivity index (χ0) is 22.2. The Kier molecular flexibility index (Phi) is 5.52. The number of hydrogen-bond donors (Lipinski definition) is 2. The van der Waals surface area contributed by atoms with Crippen molar-refractivity contribution in [2.24, 2.45) is 0 Å². The zero-order valence-electron chi connectivity index (χ0n) is 17.7. The van der Waals surface area contributed by atoms with Crippen LogP contribution >= 0.6 is 11.5 Å². The van der Waals surface area contributed by atoms with Crippen LogP contribution in [-0.2, 0) is 17.6 Å². The second-order valence-electron chi connectivity index (χ2n) is 8.05. The number of nitrogens with one attached hydrogen (secondary N) is 1. The third-order valence-electron chi connectivity index (χ3n) is 5.93. The molecule has 1 saturated heterocycles. The maximum absolute atomic E-state index is 14.4. The molecule has 2 aliphatic heterocycles. The van der Waals surface area contributed by atoms with E-state index >= 15 is 0 Å². The summed E-state index contributed by atoms with van der Waals surface area (Å²) in [6, 6.07) is 10.7. The maximum atomic E-state index is 14.4. The summed E-state index contributed by atoms with van der Waals surface area (Å²) in [5, 5.41) is 13.3. The van der Waals surface area contributed by atoms with E-state index in [1.54, 1.807) is 17.0 Å². The Hall–Kier alpha value is -3.04. The first-order valence-electron chi connectivity index (χ1n) is 10.7. The van der Waals surface area contributed by atoms with Crippen molar-refractivity contribution in [3.05, 3.63) is 53.6 Å². The zero-order valence-corrected chi connectivity index (χ0v) is 18.5. The lowest BCUT2D eigenvalue weighted by atomic mass is 10.0. The summed E-state index contributed by atoms with van der Waals surface area (Å²) >= 11 is 1.28. The standard InChI is InChI=1S/C23H24FN5O2S/c1-2-21-26-23(32-27-21)14-6-7-17(24)18(10-14)25-11-22(31)29-9-8-16-19(4-3-5-20(16)29)28-12-15(30)13-28/h3-7,10,15,25,30H,2,8-9,11-13H2,1H3. The Labute approximate surface area is 189 Å². The summed E-state index contributed by atoms with van der Waals surface area (Å²) in [4.78, 5) is 21.3. The van der Waals surface area contributed by atoms with Gasteiger partial charge in [-0.1, -0.05) is 13.0 Å². The number of aryl methyl sites for hydroxylation is 1. The number of aromatic nitrogens is 2. The van der Waals surface area contributed by atoms with Gasteiger partial charge in [-0.25, -0.2) is 9.37 Å². The minimum absolute atomic E-state index is 0.0111. The second kappa shape index (κ2) is 8.48. The molecular formula is C23H24FN5O2S. The molecule has 1 aromatic heterocycles. The molecule has 3 heterocycles. The number of carbonyl (C=O) groups is 1. The number of hydrogen-bond acceptors (Lipinski definition) is 7. The number of amides is 1. The van der Waals surface area contributed by atoms with E-state index in [9.17, 15) is 14.3 Å². The van der Waals surface area contributed by atoms with Crippen LogP contribution < -0.4 is 15.1 Å². The summed E-state index contributed by atoms with van der Waals surface area (Å²) in [6.07, 6.45) is 1.23. The molecule has 0 unspecified atom stereocenters. The van der Waals surface area contributed by atoms with Crippen molar-refractivity contribution in [1.29, 1.82) is 0 Å². The summed E-state index contributed by atoms with van der Waals surface area (Å²) in [5.41, 5.74) is 4.14. The summed E-state index contributed by atoms with van der Waals surface area (Å²) in [6.45, 7) is 3.81. The van der Waals surface area contributed by atoms with Crippen molar-refractivity contribution in [2.45, 2.75) is 25.9 Å². The van der Waals surface area contributed by atoms with E-state index in [-0.39, 0.29) is 24.2 Å². The molecule has 0 bridgehead atoms. The van der Waals surface area contributed by atoms with Crippen molar-refractivity contribution in [3.63, 3.8) is 0 Å². The molecule has 0 spiro atoms. The Bertz CT molecular complexity index is 1160. The van der Waals surface area contributed by atoms with Gasteiger partial charge in [-0.3, -0.25) is 4.79 Å². The smallest absolute Gasteiger partial charge is 0.246 e. The Morgan fingerprint density at radius 3 is 2.84 bits per heavy atom. The van der Waals surface area contributed by atoms with Gasteiger partial charge in [-0.15, -0.1) is 0 Å². The lowest BCUT2D eigenvalue weighted by Crippen LogP contribution is -2.51. The van der Waals surface area contributed by atoms with Crippen molar-refractivity contribution in [2.75, 3.05) is 41.3 Å². The Balaban J connectivity index is 1.29.